The summed E-state index contributed by atoms with van der Waals surface area (Å²) in [6.07, 6.45) is 0.779. The van der Waals surface area contributed by atoms with Crippen molar-refractivity contribution in [2.24, 2.45) is 0 Å². The summed E-state index contributed by atoms with van der Waals surface area (Å²) in [5.74, 6) is 0. The summed E-state index contributed by atoms with van der Waals surface area (Å²) in [4.78, 5) is 9.66. The fraction of sp³-hybridized carbons (Fsp3) is 1.00. The second kappa shape index (κ2) is 3.23. The minimum atomic E-state index is -0.520. The lowest BCUT2D eigenvalue weighted by molar-refractivity contribution is -0.550. The van der Waals surface area contributed by atoms with Gasteiger partial charge in [0.25, 0.3) is 0 Å². The van der Waals surface area contributed by atoms with E-state index in [1.54, 1.807) is 6.92 Å². The molecule has 4 nitrogen and oxygen atoms in total. The topological polar surface area (TPSA) is 55.2 Å². The Hall–Kier alpha value is -0.800. The van der Waals surface area contributed by atoms with Crippen LogP contribution in [0.2, 0.25) is 0 Å². The molecule has 0 amide bonds. The van der Waals surface area contributed by atoms with Gasteiger partial charge in [0.1, 0.15) is 0 Å². The number of nitro groups is 1. The molecule has 1 atom stereocenters. The van der Waals surface area contributed by atoms with E-state index in [1.807, 2.05) is 6.92 Å². The first kappa shape index (κ1) is 7.20. The lowest BCUT2D eigenvalue weighted by atomic mass is 10.3. The SMILES string of the molecule is CC[C@H](C)N[N+](=O)[O-]. The number of nitrogens with zero attached hydrogens (tertiary/aromatic N) is 1. The van der Waals surface area contributed by atoms with Crippen LogP contribution in [-0.4, -0.2) is 11.1 Å². The molecule has 0 unspecified atom stereocenters. The molecule has 0 aliphatic carbocycles. The number of nitrogens with one attached hydrogen (secondary N) is 1. The van der Waals surface area contributed by atoms with E-state index in [2.05, 4.69) is 5.43 Å². The van der Waals surface area contributed by atoms with Gasteiger partial charge in [0.05, 0.1) is 6.04 Å². The highest BCUT2D eigenvalue weighted by Crippen LogP contribution is 1.84. The first-order valence-corrected chi connectivity index (χ1v) is 2.57. The van der Waals surface area contributed by atoms with Crippen molar-refractivity contribution in [1.29, 1.82) is 0 Å². The maximum Gasteiger partial charge on any atom is 0.157 e. The van der Waals surface area contributed by atoms with Gasteiger partial charge in [0.2, 0.25) is 0 Å². The summed E-state index contributed by atoms with van der Waals surface area (Å²) in [6.45, 7) is 3.66. The van der Waals surface area contributed by atoms with Gasteiger partial charge in [-0.25, -0.2) is 10.1 Å². The molecule has 0 aliphatic heterocycles. The Bertz CT molecular complexity index is 84.1. The van der Waals surface area contributed by atoms with E-state index >= 15 is 0 Å². The number of hydrogen-bond acceptors (Lipinski definition) is 2. The Morgan fingerprint density at radius 2 is 2.38 bits per heavy atom. The lowest BCUT2D eigenvalue weighted by Gasteiger charge is -2.01. The summed E-state index contributed by atoms with van der Waals surface area (Å²) < 4.78 is 0. The van der Waals surface area contributed by atoms with Gasteiger partial charge >= 0.3 is 0 Å². The molecule has 0 aromatic rings. The van der Waals surface area contributed by atoms with Gasteiger partial charge in [-0.3, -0.25) is 0 Å². The Labute approximate surface area is 48.0 Å². The number of hydrazine groups is 1. The van der Waals surface area contributed by atoms with Crippen molar-refractivity contribution >= 4 is 0 Å². The van der Waals surface area contributed by atoms with Gasteiger partial charge in [0.15, 0.2) is 5.03 Å². The summed E-state index contributed by atoms with van der Waals surface area (Å²) in [6, 6.07) is -0.0231. The van der Waals surface area contributed by atoms with Gasteiger partial charge in [0, 0.05) is 0 Å². The van der Waals surface area contributed by atoms with E-state index in [9.17, 15) is 10.1 Å². The van der Waals surface area contributed by atoms with Crippen molar-refractivity contribution in [2.45, 2.75) is 26.3 Å². The van der Waals surface area contributed by atoms with E-state index in [0.717, 1.165) is 6.42 Å². The molecule has 0 radical (unpaired) electrons. The molecular formula is C4H10N2O2. The van der Waals surface area contributed by atoms with Crippen LogP contribution in [0.1, 0.15) is 20.3 Å². The first-order valence-electron chi connectivity index (χ1n) is 2.57. The standard InChI is InChI=1S/C4H10N2O2/c1-3-4(2)5-6(7)8/h4-5H,3H2,1-2H3/t4-/m0/s1. The van der Waals surface area contributed by atoms with Crippen LogP contribution in [0.25, 0.3) is 0 Å². The van der Waals surface area contributed by atoms with Gasteiger partial charge in [-0.2, -0.15) is 0 Å². The Morgan fingerprint density at radius 1 is 1.88 bits per heavy atom. The third-order valence-electron chi connectivity index (χ3n) is 0.938. The average molecular weight is 118 g/mol. The van der Waals surface area contributed by atoms with Gasteiger partial charge < -0.3 is 0 Å². The fourth-order valence-electron chi connectivity index (χ4n) is 0.271. The first-order chi connectivity index (χ1) is 3.66. The Kier molecular flexibility index (Phi) is 2.91. The molecule has 1 N–H and O–H groups in total. The molecule has 48 valence electrons. The lowest BCUT2D eigenvalue weighted by Crippen LogP contribution is -2.30. The molecule has 0 rings (SSSR count). The van der Waals surface area contributed by atoms with Crippen LogP contribution in [0.4, 0.5) is 0 Å². The summed E-state index contributed by atoms with van der Waals surface area (Å²) >= 11 is 0. The highest BCUT2D eigenvalue weighted by Gasteiger charge is 2.00. The molecule has 0 saturated heterocycles. The van der Waals surface area contributed by atoms with Crippen LogP contribution < -0.4 is 5.43 Å². The predicted octanol–water partition coefficient (Wildman–Crippen LogP) is 0.566. The molecule has 4 heteroatoms. The second-order valence-corrected chi connectivity index (χ2v) is 1.70. The maximum atomic E-state index is 9.66. The molecule has 0 aromatic carbocycles. The molecular weight excluding hydrogens is 108 g/mol. The van der Waals surface area contributed by atoms with Gasteiger partial charge in [-0.05, 0) is 13.3 Å². The van der Waals surface area contributed by atoms with E-state index in [4.69, 9.17) is 0 Å². The van der Waals surface area contributed by atoms with Gasteiger partial charge in [-0.15, -0.1) is 5.43 Å². The zero-order valence-electron chi connectivity index (χ0n) is 5.05. The zero-order valence-corrected chi connectivity index (χ0v) is 5.05. The summed E-state index contributed by atoms with van der Waals surface area (Å²) in [5.41, 5.74) is 2.11. The monoisotopic (exact) mass is 118 g/mol. The number of rotatable bonds is 3. The number of hydrogen-bond donors (Lipinski definition) is 1. The normalized spacial score (nSPS) is 12.8. The Balaban J connectivity index is 3.24. The van der Waals surface area contributed by atoms with Crippen LogP contribution in [0, 0.1) is 10.1 Å². The van der Waals surface area contributed by atoms with E-state index in [-0.39, 0.29) is 6.04 Å². The second-order valence-electron chi connectivity index (χ2n) is 1.70. The maximum absolute atomic E-state index is 9.66. The van der Waals surface area contributed by atoms with Crippen LogP contribution in [0.15, 0.2) is 0 Å². The van der Waals surface area contributed by atoms with Crippen molar-refractivity contribution in [1.82, 2.24) is 5.43 Å². The highest BCUT2D eigenvalue weighted by atomic mass is 16.7. The van der Waals surface area contributed by atoms with Crippen LogP contribution in [-0.2, 0) is 0 Å². The molecule has 0 bridgehead atoms. The molecule has 8 heavy (non-hydrogen) atoms. The summed E-state index contributed by atoms with van der Waals surface area (Å²) in [5, 5.41) is 9.14. The average Bonchev–Trinajstić information content (AvgIpc) is 1.65. The molecule has 0 saturated carbocycles. The predicted molar refractivity (Wildman–Crippen MR) is 29.9 cm³/mol. The smallest absolute Gasteiger partial charge is 0.157 e. The molecule has 0 heterocycles. The van der Waals surface area contributed by atoms with Crippen LogP contribution >= 0.6 is 0 Å². The largest absolute Gasteiger partial charge is 0.235 e. The third kappa shape index (κ3) is 3.39. The van der Waals surface area contributed by atoms with Gasteiger partial charge in [-0.1, -0.05) is 6.92 Å². The Morgan fingerprint density at radius 3 is 2.50 bits per heavy atom. The van der Waals surface area contributed by atoms with Crippen molar-refractivity contribution < 1.29 is 5.03 Å². The minimum Gasteiger partial charge on any atom is -0.235 e. The fourth-order valence-corrected chi connectivity index (χ4v) is 0.271. The van der Waals surface area contributed by atoms with Crippen LogP contribution in [0.5, 0.6) is 0 Å². The third-order valence-corrected chi connectivity index (χ3v) is 0.938. The minimum absolute atomic E-state index is 0.0231. The quantitative estimate of drug-likeness (QED) is 0.435. The van der Waals surface area contributed by atoms with Crippen LogP contribution in [0.3, 0.4) is 0 Å². The highest BCUT2D eigenvalue weighted by molar-refractivity contribution is 4.46. The molecule has 0 aliphatic rings. The van der Waals surface area contributed by atoms with E-state index in [1.165, 1.54) is 0 Å². The van der Waals surface area contributed by atoms with E-state index in [0.29, 0.717) is 0 Å². The molecule has 0 fully saturated rings. The molecule has 0 aromatic heterocycles. The summed E-state index contributed by atoms with van der Waals surface area (Å²) in [7, 11) is 0. The zero-order chi connectivity index (χ0) is 6.57. The molecule has 0 spiro atoms. The van der Waals surface area contributed by atoms with Crippen molar-refractivity contribution in [3.63, 3.8) is 0 Å². The van der Waals surface area contributed by atoms with E-state index < -0.39 is 5.03 Å². The van der Waals surface area contributed by atoms with Crippen molar-refractivity contribution in [2.75, 3.05) is 0 Å². The van der Waals surface area contributed by atoms with Crippen molar-refractivity contribution in [3.8, 4) is 0 Å². The van der Waals surface area contributed by atoms with Crippen molar-refractivity contribution in [3.05, 3.63) is 10.1 Å².